The summed E-state index contributed by atoms with van der Waals surface area (Å²) in [7, 11) is 0. The molecule has 1 aromatic carbocycles. The van der Waals surface area contributed by atoms with E-state index in [0.29, 0.717) is 18.4 Å². The molecule has 0 aliphatic carbocycles. The fourth-order valence-corrected chi connectivity index (χ4v) is 3.15. The van der Waals surface area contributed by atoms with E-state index in [-0.39, 0.29) is 18.2 Å². The van der Waals surface area contributed by atoms with E-state index in [1.807, 2.05) is 24.3 Å². The molecular weight excluding hydrogens is 320 g/mol. The number of furan rings is 2. The quantitative estimate of drug-likeness (QED) is 0.679. The van der Waals surface area contributed by atoms with Crippen LogP contribution in [0.4, 0.5) is 0 Å². The highest BCUT2D eigenvalue weighted by Crippen LogP contribution is 2.27. The van der Waals surface area contributed by atoms with E-state index in [9.17, 15) is 9.90 Å². The van der Waals surface area contributed by atoms with E-state index in [1.54, 1.807) is 18.6 Å². The molecule has 2 aromatic heterocycles. The maximum absolute atomic E-state index is 12.4. The van der Waals surface area contributed by atoms with Gasteiger partial charge >= 0.3 is 0 Å². The summed E-state index contributed by atoms with van der Waals surface area (Å²) >= 11 is 0. The summed E-state index contributed by atoms with van der Waals surface area (Å²) in [5.41, 5.74) is 1.72. The van der Waals surface area contributed by atoms with Crippen LogP contribution in [0.2, 0.25) is 0 Å². The molecule has 1 aliphatic heterocycles. The molecule has 0 atom stereocenters. The zero-order valence-corrected chi connectivity index (χ0v) is 13.7. The van der Waals surface area contributed by atoms with Gasteiger partial charge in [0.2, 0.25) is 0 Å². The summed E-state index contributed by atoms with van der Waals surface area (Å²) in [6.07, 6.45) is 4.53. The Balaban J connectivity index is 1.50. The Morgan fingerprint density at radius 1 is 1.20 bits per heavy atom. The summed E-state index contributed by atoms with van der Waals surface area (Å²) in [4.78, 5) is 12.4. The van der Waals surface area contributed by atoms with Crippen molar-refractivity contribution >= 4 is 16.9 Å². The maximum atomic E-state index is 12.4. The Morgan fingerprint density at radius 3 is 2.80 bits per heavy atom. The maximum Gasteiger partial charge on any atom is 0.287 e. The normalized spacial score (nSPS) is 16.8. The molecule has 25 heavy (non-hydrogen) atoms. The van der Waals surface area contributed by atoms with E-state index in [2.05, 4.69) is 10.6 Å². The minimum absolute atomic E-state index is 0.227. The third-order valence-corrected chi connectivity index (χ3v) is 4.71. The van der Waals surface area contributed by atoms with E-state index in [1.165, 1.54) is 0 Å². The van der Waals surface area contributed by atoms with Gasteiger partial charge in [-0.2, -0.15) is 0 Å². The van der Waals surface area contributed by atoms with E-state index in [0.717, 1.165) is 29.6 Å². The molecule has 4 rings (SSSR count). The molecule has 3 heterocycles. The highest BCUT2D eigenvalue weighted by molar-refractivity contribution is 5.96. The zero-order valence-electron chi connectivity index (χ0n) is 13.7. The molecule has 1 aliphatic rings. The molecule has 6 heteroatoms. The molecule has 0 radical (unpaired) electrons. The third-order valence-electron chi connectivity index (χ3n) is 4.71. The number of piperidine rings is 1. The van der Waals surface area contributed by atoms with Gasteiger partial charge in [0, 0.05) is 17.5 Å². The number of carbonyl (C=O) groups is 1. The molecule has 0 unspecified atom stereocenters. The first kappa shape index (κ1) is 15.9. The van der Waals surface area contributed by atoms with Crippen molar-refractivity contribution in [2.45, 2.75) is 18.4 Å². The number of amides is 1. The fraction of sp³-hybridized carbons (Fsp3) is 0.316. The Hall–Kier alpha value is -2.57. The molecule has 0 bridgehead atoms. The third kappa shape index (κ3) is 3.31. The summed E-state index contributed by atoms with van der Waals surface area (Å²) in [5, 5.41) is 17.3. The van der Waals surface area contributed by atoms with Gasteiger partial charge in [-0.05, 0) is 49.7 Å². The Bertz CT molecular complexity index is 876. The van der Waals surface area contributed by atoms with Crippen LogP contribution in [0, 0.1) is 0 Å². The average Bonchev–Trinajstić information content (AvgIpc) is 3.29. The first-order chi connectivity index (χ1) is 12.1. The number of rotatable bonds is 4. The predicted octanol–water partition coefficient (Wildman–Crippen LogP) is 2.54. The van der Waals surface area contributed by atoms with Crippen molar-refractivity contribution in [1.82, 2.24) is 10.6 Å². The summed E-state index contributed by atoms with van der Waals surface area (Å²) in [6, 6.07) is 9.35. The van der Waals surface area contributed by atoms with Crippen molar-refractivity contribution in [3.8, 4) is 11.1 Å². The summed E-state index contributed by atoms with van der Waals surface area (Å²) in [5.74, 6) is -0.0649. The fourth-order valence-electron chi connectivity index (χ4n) is 3.15. The lowest BCUT2D eigenvalue weighted by Gasteiger charge is -2.32. The van der Waals surface area contributed by atoms with Crippen LogP contribution < -0.4 is 10.6 Å². The number of aliphatic hydroxyl groups is 1. The van der Waals surface area contributed by atoms with Crippen molar-refractivity contribution in [2.75, 3.05) is 19.6 Å². The van der Waals surface area contributed by atoms with Crippen LogP contribution >= 0.6 is 0 Å². The van der Waals surface area contributed by atoms with E-state index in [4.69, 9.17) is 8.83 Å². The van der Waals surface area contributed by atoms with Crippen LogP contribution in [0.25, 0.3) is 22.1 Å². The number of benzene rings is 1. The Kier molecular flexibility index (Phi) is 4.07. The molecule has 0 spiro atoms. The van der Waals surface area contributed by atoms with Gasteiger partial charge in [-0.25, -0.2) is 0 Å². The molecular formula is C19H20N2O4. The highest BCUT2D eigenvalue weighted by Gasteiger charge is 2.29. The molecule has 0 saturated carbocycles. The van der Waals surface area contributed by atoms with Crippen LogP contribution in [-0.4, -0.2) is 36.2 Å². The lowest BCUT2D eigenvalue weighted by Crippen LogP contribution is -2.49. The van der Waals surface area contributed by atoms with Gasteiger partial charge in [0.25, 0.3) is 5.91 Å². The van der Waals surface area contributed by atoms with Crippen molar-refractivity contribution in [3.63, 3.8) is 0 Å². The number of nitrogens with one attached hydrogen (secondary N) is 2. The topological polar surface area (TPSA) is 87.6 Å². The molecule has 1 saturated heterocycles. The first-order valence-electron chi connectivity index (χ1n) is 8.40. The van der Waals surface area contributed by atoms with Crippen molar-refractivity contribution in [1.29, 1.82) is 0 Å². The monoisotopic (exact) mass is 340 g/mol. The predicted molar refractivity (Wildman–Crippen MR) is 93.3 cm³/mol. The summed E-state index contributed by atoms with van der Waals surface area (Å²) < 4.78 is 10.8. The molecule has 130 valence electrons. The molecule has 1 fully saturated rings. The minimum atomic E-state index is -0.846. The number of hydrogen-bond donors (Lipinski definition) is 3. The van der Waals surface area contributed by atoms with Crippen LogP contribution in [0.1, 0.15) is 23.4 Å². The summed E-state index contributed by atoms with van der Waals surface area (Å²) in [6.45, 7) is 1.74. The van der Waals surface area contributed by atoms with Gasteiger partial charge in [0.15, 0.2) is 5.76 Å². The van der Waals surface area contributed by atoms with Gasteiger partial charge in [-0.3, -0.25) is 4.79 Å². The van der Waals surface area contributed by atoms with Crippen LogP contribution in [0.5, 0.6) is 0 Å². The minimum Gasteiger partial charge on any atom is -0.472 e. The van der Waals surface area contributed by atoms with Crippen molar-refractivity contribution in [3.05, 3.63) is 48.6 Å². The molecule has 3 aromatic rings. The van der Waals surface area contributed by atoms with Gasteiger partial charge < -0.3 is 24.6 Å². The van der Waals surface area contributed by atoms with E-state index >= 15 is 0 Å². The van der Waals surface area contributed by atoms with Crippen LogP contribution in [0.3, 0.4) is 0 Å². The van der Waals surface area contributed by atoms with Crippen molar-refractivity contribution < 1.29 is 18.7 Å². The van der Waals surface area contributed by atoms with Gasteiger partial charge in [-0.1, -0.05) is 12.1 Å². The number of hydrogen-bond acceptors (Lipinski definition) is 5. The van der Waals surface area contributed by atoms with Gasteiger partial charge in [0.1, 0.15) is 5.58 Å². The van der Waals surface area contributed by atoms with Crippen molar-refractivity contribution in [2.24, 2.45) is 0 Å². The second kappa shape index (κ2) is 6.38. The lowest BCUT2D eigenvalue weighted by molar-refractivity contribution is 0.0110. The average molecular weight is 340 g/mol. The number of carbonyl (C=O) groups excluding carboxylic acids is 1. The second-order valence-corrected chi connectivity index (χ2v) is 6.53. The first-order valence-corrected chi connectivity index (χ1v) is 8.40. The second-order valence-electron chi connectivity index (χ2n) is 6.53. The molecule has 3 N–H and O–H groups in total. The Morgan fingerprint density at radius 2 is 2.04 bits per heavy atom. The molecule has 1 amide bonds. The largest absolute Gasteiger partial charge is 0.472 e. The zero-order chi connectivity index (χ0) is 17.3. The number of fused-ring (bicyclic) bond motifs is 1. The standard InChI is InChI=1S/C19H20N2O4/c22-18(21-12-19(23)4-6-20-7-5-19)17-10-14-2-1-13(9-16(14)25-17)15-3-8-24-11-15/h1-3,8-11,20,23H,4-7,12H2,(H,21,22). The van der Waals surface area contributed by atoms with Gasteiger partial charge in [0.05, 0.1) is 18.1 Å². The highest BCUT2D eigenvalue weighted by atomic mass is 16.3. The van der Waals surface area contributed by atoms with Gasteiger partial charge in [-0.15, -0.1) is 0 Å². The van der Waals surface area contributed by atoms with Crippen LogP contribution in [-0.2, 0) is 0 Å². The Labute approximate surface area is 144 Å². The van der Waals surface area contributed by atoms with Crippen LogP contribution in [0.15, 0.2) is 51.7 Å². The SMILES string of the molecule is O=C(NCC1(O)CCNCC1)c1cc2ccc(-c3ccoc3)cc2o1. The van der Waals surface area contributed by atoms with E-state index < -0.39 is 5.60 Å². The lowest BCUT2D eigenvalue weighted by atomic mass is 9.92. The smallest absolute Gasteiger partial charge is 0.287 e. The molecule has 6 nitrogen and oxygen atoms in total.